The Morgan fingerprint density at radius 1 is 1.17 bits per heavy atom. The Morgan fingerprint density at radius 2 is 1.78 bits per heavy atom. The first-order valence-electron chi connectivity index (χ1n) is 5.17. The Balaban J connectivity index is 2.20. The van der Waals surface area contributed by atoms with Crippen molar-refractivity contribution in [1.29, 1.82) is 0 Å². The summed E-state index contributed by atoms with van der Waals surface area (Å²) in [6, 6.07) is 7.38. The van der Waals surface area contributed by atoms with Gasteiger partial charge < -0.3 is 5.11 Å². The molecule has 1 saturated heterocycles. The van der Waals surface area contributed by atoms with Crippen LogP contribution in [-0.2, 0) is 24.1 Å². The quantitative estimate of drug-likeness (QED) is 0.758. The second-order valence-corrected chi connectivity index (χ2v) is 7.77. The van der Waals surface area contributed by atoms with Crippen LogP contribution >= 0.6 is 0 Å². The maximum Gasteiger partial charge on any atom is 0.297 e. The van der Waals surface area contributed by atoms with Crippen molar-refractivity contribution in [2.75, 3.05) is 11.5 Å². The molecule has 8 heteroatoms. The molecule has 0 amide bonds. The van der Waals surface area contributed by atoms with Gasteiger partial charge in [-0.25, -0.2) is 8.42 Å². The number of hydrogen-bond acceptors (Lipinski definition) is 6. The molecule has 1 fully saturated rings. The molecular formula is C10H12O6S2. The summed E-state index contributed by atoms with van der Waals surface area (Å²) in [4.78, 5) is -0.0681. The third-order valence-corrected chi connectivity index (χ3v) is 5.59. The van der Waals surface area contributed by atoms with E-state index in [2.05, 4.69) is 0 Å². The van der Waals surface area contributed by atoms with Crippen LogP contribution < -0.4 is 0 Å². The Labute approximate surface area is 105 Å². The monoisotopic (exact) mass is 292 g/mol. The molecule has 1 aliphatic heterocycles. The lowest BCUT2D eigenvalue weighted by Gasteiger charge is -2.13. The van der Waals surface area contributed by atoms with E-state index in [4.69, 9.17) is 4.18 Å². The van der Waals surface area contributed by atoms with Gasteiger partial charge in [0.25, 0.3) is 10.1 Å². The van der Waals surface area contributed by atoms with E-state index in [9.17, 15) is 21.9 Å². The summed E-state index contributed by atoms with van der Waals surface area (Å²) in [5.41, 5.74) is 0. The Bertz CT molecular complexity index is 620. The lowest BCUT2D eigenvalue weighted by atomic mass is 10.3. The van der Waals surface area contributed by atoms with Crippen molar-refractivity contribution in [3.63, 3.8) is 0 Å². The third kappa shape index (κ3) is 2.89. The fourth-order valence-corrected chi connectivity index (χ4v) is 4.57. The molecule has 0 bridgehead atoms. The minimum absolute atomic E-state index is 0.0681. The van der Waals surface area contributed by atoms with E-state index in [1.54, 1.807) is 6.07 Å². The van der Waals surface area contributed by atoms with E-state index in [0.29, 0.717) is 0 Å². The number of benzene rings is 1. The summed E-state index contributed by atoms with van der Waals surface area (Å²) in [5.74, 6) is -0.956. The zero-order valence-electron chi connectivity index (χ0n) is 9.26. The number of aliphatic hydroxyl groups excluding tert-OH is 1. The summed E-state index contributed by atoms with van der Waals surface area (Å²) in [6.07, 6.45) is -2.55. The standard InChI is InChI=1S/C10H12O6S2/c11-9-6-17(12,13)7-10(9)16-18(14,15)8-4-2-1-3-5-8/h1-5,9-11H,6-7H2. The van der Waals surface area contributed by atoms with Crippen molar-refractivity contribution >= 4 is 20.0 Å². The first-order valence-corrected chi connectivity index (χ1v) is 8.40. The van der Waals surface area contributed by atoms with Gasteiger partial charge in [-0.1, -0.05) is 18.2 Å². The zero-order valence-corrected chi connectivity index (χ0v) is 10.9. The van der Waals surface area contributed by atoms with Gasteiger partial charge in [0, 0.05) is 0 Å². The lowest BCUT2D eigenvalue weighted by molar-refractivity contribution is 0.0780. The van der Waals surface area contributed by atoms with Crippen LogP contribution in [0.4, 0.5) is 0 Å². The van der Waals surface area contributed by atoms with Crippen LogP contribution in [0.3, 0.4) is 0 Å². The summed E-state index contributed by atoms with van der Waals surface area (Å²) < 4.78 is 50.9. The SMILES string of the molecule is O=S1(=O)CC(O)C(OS(=O)(=O)c2ccccc2)C1. The molecule has 2 unspecified atom stereocenters. The first-order chi connectivity index (χ1) is 8.30. The maximum atomic E-state index is 11.8. The minimum atomic E-state index is -4.05. The van der Waals surface area contributed by atoms with Crippen molar-refractivity contribution in [2.24, 2.45) is 0 Å². The molecule has 6 nitrogen and oxygen atoms in total. The van der Waals surface area contributed by atoms with E-state index in [0.717, 1.165) is 0 Å². The summed E-state index contributed by atoms with van der Waals surface area (Å²) in [5, 5.41) is 9.47. The Hall–Kier alpha value is -0.960. The van der Waals surface area contributed by atoms with Crippen molar-refractivity contribution in [2.45, 2.75) is 17.1 Å². The minimum Gasteiger partial charge on any atom is -0.389 e. The molecule has 1 aromatic carbocycles. The van der Waals surface area contributed by atoms with E-state index < -0.39 is 43.7 Å². The molecule has 1 aromatic rings. The average molecular weight is 292 g/mol. The summed E-state index contributed by atoms with van der Waals surface area (Å²) in [7, 11) is -7.49. The predicted octanol–water partition coefficient (Wildman–Crippen LogP) is -0.450. The molecule has 0 aromatic heterocycles. The van der Waals surface area contributed by atoms with Crippen LogP contribution in [0.1, 0.15) is 0 Å². The predicted molar refractivity (Wildman–Crippen MR) is 63.2 cm³/mol. The Morgan fingerprint density at radius 3 is 2.28 bits per heavy atom. The molecule has 0 aliphatic carbocycles. The molecule has 100 valence electrons. The van der Waals surface area contributed by atoms with Gasteiger partial charge in [0.2, 0.25) is 0 Å². The highest BCUT2D eigenvalue weighted by molar-refractivity contribution is 7.91. The molecule has 1 aliphatic rings. The van der Waals surface area contributed by atoms with Gasteiger partial charge in [-0.05, 0) is 12.1 Å². The summed E-state index contributed by atoms with van der Waals surface area (Å²) >= 11 is 0. The van der Waals surface area contributed by atoms with Gasteiger partial charge in [-0.3, -0.25) is 4.18 Å². The van der Waals surface area contributed by atoms with E-state index >= 15 is 0 Å². The van der Waals surface area contributed by atoms with E-state index in [1.165, 1.54) is 24.3 Å². The third-order valence-electron chi connectivity index (χ3n) is 2.55. The summed E-state index contributed by atoms with van der Waals surface area (Å²) in [6.45, 7) is 0. The topological polar surface area (TPSA) is 97.7 Å². The number of aliphatic hydroxyl groups is 1. The molecule has 1 N–H and O–H groups in total. The molecule has 0 spiro atoms. The number of sulfone groups is 1. The lowest BCUT2D eigenvalue weighted by Crippen LogP contribution is -2.29. The molecule has 2 rings (SSSR count). The number of hydrogen-bond donors (Lipinski definition) is 1. The van der Waals surface area contributed by atoms with Crippen molar-refractivity contribution in [3.8, 4) is 0 Å². The van der Waals surface area contributed by atoms with Gasteiger partial charge >= 0.3 is 0 Å². The van der Waals surface area contributed by atoms with Gasteiger partial charge in [-0.15, -0.1) is 0 Å². The van der Waals surface area contributed by atoms with Crippen molar-refractivity contribution in [1.82, 2.24) is 0 Å². The zero-order chi connectivity index (χ0) is 13.4. The van der Waals surface area contributed by atoms with Crippen molar-refractivity contribution < 1.29 is 26.1 Å². The maximum absolute atomic E-state index is 11.8. The van der Waals surface area contributed by atoms with Gasteiger partial charge in [0.1, 0.15) is 6.10 Å². The van der Waals surface area contributed by atoms with Gasteiger partial charge in [0.15, 0.2) is 9.84 Å². The highest BCUT2D eigenvalue weighted by Crippen LogP contribution is 2.21. The first kappa shape index (κ1) is 13.5. The molecule has 18 heavy (non-hydrogen) atoms. The average Bonchev–Trinajstić information content (AvgIpc) is 2.52. The molecular weight excluding hydrogens is 280 g/mol. The molecule has 0 radical (unpaired) electrons. The largest absolute Gasteiger partial charge is 0.389 e. The van der Waals surface area contributed by atoms with Crippen LogP contribution in [0, 0.1) is 0 Å². The van der Waals surface area contributed by atoms with Crippen LogP contribution in [-0.4, -0.2) is 45.7 Å². The van der Waals surface area contributed by atoms with E-state index in [1.807, 2.05) is 0 Å². The number of rotatable bonds is 3. The van der Waals surface area contributed by atoms with Gasteiger partial charge in [-0.2, -0.15) is 8.42 Å². The fraction of sp³-hybridized carbons (Fsp3) is 0.400. The van der Waals surface area contributed by atoms with Crippen LogP contribution in [0.15, 0.2) is 35.2 Å². The molecule has 2 atom stereocenters. The van der Waals surface area contributed by atoms with Crippen LogP contribution in [0.25, 0.3) is 0 Å². The van der Waals surface area contributed by atoms with Crippen LogP contribution in [0.5, 0.6) is 0 Å². The molecule has 0 saturated carbocycles. The molecule has 1 heterocycles. The fourth-order valence-electron chi connectivity index (χ4n) is 1.69. The normalized spacial score (nSPS) is 27.2. The smallest absolute Gasteiger partial charge is 0.297 e. The Kier molecular flexibility index (Phi) is 3.45. The highest BCUT2D eigenvalue weighted by Gasteiger charge is 2.40. The van der Waals surface area contributed by atoms with Gasteiger partial charge in [0.05, 0.1) is 22.5 Å². The second kappa shape index (κ2) is 4.61. The second-order valence-electron chi connectivity index (χ2n) is 4.05. The van der Waals surface area contributed by atoms with Crippen LogP contribution in [0.2, 0.25) is 0 Å². The van der Waals surface area contributed by atoms with Crippen molar-refractivity contribution in [3.05, 3.63) is 30.3 Å². The van der Waals surface area contributed by atoms with E-state index in [-0.39, 0.29) is 4.90 Å². The highest BCUT2D eigenvalue weighted by atomic mass is 32.2.